The van der Waals surface area contributed by atoms with Crippen LogP contribution in [0.3, 0.4) is 0 Å². The number of ether oxygens (including phenoxy) is 1. The number of nitrogens with two attached hydrogens (primary N) is 1. The van der Waals surface area contributed by atoms with E-state index in [4.69, 9.17) is 22.1 Å². The standard InChI is InChI=1S/C17H21ClN4O3S/c1-11-8-16(21-17(19)20-11)22-6-3-7-25-10-15(22)13-5-4-12(9-14(13)18)26(2,23)24/h4-5,8-9,15H,3,6-7,10H2,1-2H3,(H2,19,20,21). The van der Waals surface area contributed by atoms with Gasteiger partial charge in [-0.2, -0.15) is 4.98 Å². The van der Waals surface area contributed by atoms with Crippen LogP contribution in [0.25, 0.3) is 0 Å². The van der Waals surface area contributed by atoms with Crippen LogP contribution in [0.4, 0.5) is 11.8 Å². The topological polar surface area (TPSA) is 98.4 Å². The smallest absolute Gasteiger partial charge is 0.222 e. The number of nitrogens with zero attached hydrogens (tertiary/aromatic N) is 3. The summed E-state index contributed by atoms with van der Waals surface area (Å²) in [5.74, 6) is 0.913. The van der Waals surface area contributed by atoms with Crippen LogP contribution in [0.5, 0.6) is 0 Å². The van der Waals surface area contributed by atoms with Gasteiger partial charge in [0.05, 0.1) is 17.5 Å². The zero-order valence-electron chi connectivity index (χ0n) is 14.6. The summed E-state index contributed by atoms with van der Waals surface area (Å²) in [5.41, 5.74) is 7.37. The van der Waals surface area contributed by atoms with Crippen LogP contribution in [0, 0.1) is 6.92 Å². The number of hydrogen-bond acceptors (Lipinski definition) is 7. The molecule has 2 N–H and O–H groups in total. The maximum atomic E-state index is 11.8. The molecule has 0 aliphatic carbocycles. The van der Waals surface area contributed by atoms with Gasteiger partial charge in [-0.3, -0.25) is 0 Å². The summed E-state index contributed by atoms with van der Waals surface area (Å²) in [7, 11) is -3.32. The Hall–Kier alpha value is -1.90. The van der Waals surface area contributed by atoms with Crippen molar-refractivity contribution in [3.8, 4) is 0 Å². The van der Waals surface area contributed by atoms with Crippen LogP contribution in [0.1, 0.15) is 23.7 Å². The molecule has 0 amide bonds. The molecule has 0 spiro atoms. The lowest BCUT2D eigenvalue weighted by atomic mass is 10.1. The first kappa shape index (κ1) is 18.9. The minimum atomic E-state index is -3.32. The van der Waals surface area contributed by atoms with Crippen molar-refractivity contribution < 1.29 is 13.2 Å². The highest BCUT2D eigenvalue weighted by molar-refractivity contribution is 7.90. The SMILES string of the molecule is Cc1cc(N2CCCOCC2c2ccc(S(C)(=O)=O)cc2Cl)nc(N)n1. The molecule has 1 fully saturated rings. The van der Waals surface area contributed by atoms with Crippen LogP contribution < -0.4 is 10.6 Å². The molecule has 1 unspecified atom stereocenters. The van der Waals surface area contributed by atoms with Gasteiger partial charge in [-0.1, -0.05) is 17.7 Å². The average molecular weight is 397 g/mol. The van der Waals surface area contributed by atoms with Crippen molar-refractivity contribution in [3.05, 3.63) is 40.5 Å². The maximum Gasteiger partial charge on any atom is 0.222 e. The first-order valence-corrected chi connectivity index (χ1v) is 10.5. The zero-order chi connectivity index (χ0) is 18.9. The summed E-state index contributed by atoms with van der Waals surface area (Å²) >= 11 is 6.43. The Morgan fingerprint density at radius 1 is 1.31 bits per heavy atom. The second kappa shape index (κ2) is 7.38. The Balaban J connectivity index is 2.05. The van der Waals surface area contributed by atoms with E-state index in [1.54, 1.807) is 12.1 Å². The summed E-state index contributed by atoms with van der Waals surface area (Å²) in [5, 5.41) is 0.382. The molecular weight excluding hydrogens is 376 g/mol. The second-order valence-corrected chi connectivity index (χ2v) is 8.74. The van der Waals surface area contributed by atoms with E-state index in [-0.39, 0.29) is 16.9 Å². The molecule has 1 aliphatic rings. The lowest BCUT2D eigenvalue weighted by Crippen LogP contribution is -2.32. The minimum absolute atomic E-state index is 0.189. The van der Waals surface area contributed by atoms with Crippen LogP contribution in [-0.2, 0) is 14.6 Å². The fraction of sp³-hybridized carbons (Fsp3) is 0.412. The number of benzene rings is 1. The Bertz CT molecular complexity index is 900. The highest BCUT2D eigenvalue weighted by Gasteiger charge is 2.27. The Labute approximate surface area is 158 Å². The molecule has 0 saturated carbocycles. The Kier molecular flexibility index (Phi) is 5.36. The number of aryl methyl sites for hydroxylation is 1. The van der Waals surface area contributed by atoms with Crippen molar-refractivity contribution in [2.24, 2.45) is 0 Å². The number of aromatic nitrogens is 2. The quantitative estimate of drug-likeness (QED) is 0.850. The zero-order valence-corrected chi connectivity index (χ0v) is 16.2. The minimum Gasteiger partial charge on any atom is -0.379 e. The van der Waals surface area contributed by atoms with Gasteiger partial charge in [0.15, 0.2) is 9.84 Å². The predicted molar refractivity (Wildman–Crippen MR) is 101 cm³/mol. The van der Waals surface area contributed by atoms with Crippen LogP contribution in [0.15, 0.2) is 29.2 Å². The van der Waals surface area contributed by atoms with Crippen LogP contribution in [0.2, 0.25) is 5.02 Å². The molecule has 2 heterocycles. The van der Waals surface area contributed by atoms with Crippen molar-refractivity contribution in [1.29, 1.82) is 0 Å². The number of anilines is 2. The third-order valence-corrected chi connectivity index (χ3v) is 5.69. The Morgan fingerprint density at radius 3 is 2.73 bits per heavy atom. The second-order valence-electron chi connectivity index (χ2n) is 6.32. The van der Waals surface area contributed by atoms with Gasteiger partial charge in [-0.15, -0.1) is 0 Å². The van der Waals surface area contributed by atoms with E-state index < -0.39 is 9.84 Å². The van der Waals surface area contributed by atoms with Crippen LogP contribution >= 0.6 is 11.6 Å². The largest absolute Gasteiger partial charge is 0.379 e. The van der Waals surface area contributed by atoms with Gasteiger partial charge in [0.1, 0.15) is 5.82 Å². The number of rotatable bonds is 3. The first-order valence-electron chi connectivity index (χ1n) is 8.21. The maximum absolute atomic E-state index is 11.8. The van der Waals surface area contributed by atoms with E-state index in [1.165, 1.54) is 6.07 Å². The van der Waals surface area contributed by atoms with Gasteiger partial charge in [-0.05, 0) is 31.0 Å². The molecule has 0 bridgehead atoms. The highest BCUT2D eigenvalue weighted by atomic mass is 35.5. The van der Waals surface area contributed by atoms with Gasteiger partial charge < -0.3 is 15.4 Å². The molecule has 1 aromatic heterocycles. The third-order valence-electron chi connectivity index (χ3n) is 4.25. The monoisotopic (exact) mass is 396 g/mol. The van der Waals surface area contributed by atoms with E-state index in [1.807, 2.05) is 13.0 Å². The molecule has 1 aromatic carbocycles. The van der Waals surface area contributed by atoms with E-state index in [0.29, 0.717) is 30.6 Å². The lowest BCUT2D eigenvalue weighted by molar-refractivity contribution is 0.134. The molecule has 3 rings (SSSR count). The van der Waals surface area contributed by atoms with Gasteiger partial charge in [-0.25, -0.2) is 13.4 Å². The number of halogens is 1. The summed E-state index contributed by atoms with van der Waals surface area (Å²) < 4.78 is 29.3. The summed E-state index contributed by atoms with van der Waals surface area (Å²) in [6, 6.07) is 6.46. The summed E-state index contributed by atoms with van der Waals surface area (Å²) in [6.45, 7) is 3.62. The summed E-state index contributed by atoms with van der Waals surface area (Å²) in [4.78, 5) is 10.8. The van der Waals surface area contributed by atoms with Crippen molar-refractivity contribution >= 4 is 33.2 Å². The van der Waals surface area contributed by atoms with Crippen molar-refractivity contribution in [3.63, 3.8) is 0 Å². The van der Waals surface area contributed by atoms with Gasteiger partial charge in [0.25, 0.3) is 0 Å². The molecule has 1 aliphatic heterocycles. The molecule has 7 nitrogen and oxygen atoms in total. The normalized spacial score (nSPS) is 18.6. The van der Waals surface area contributed by atoms with E-state index >= 15 is 0 Å². The lowest BCUT2D eigenvalue weighted by Gasteiger charge is -2.31. The first-order chi connectivity index (χ1) is 12.3. The molecule has 26 heavy (non-hydrogen) atoms. The van der Waals surface area contributed by atoms with E-state index in [9.17, 15) is 8.42 Å². The average Bonchev–Trinajstić information content (AvgIpc) is 2.78. The van der Waals surface area contributed by atoms with E-state index in [0.717, 1.165) is 23.9 Å². The molecule has 9 heteroatoms. The molecule has 2 aromatic rings. The Morgan fingerprint density at radius 2 is 2.08 bits per heavy atom. The molecule has 1 saturated heterocycles. The van der Waals surface area contributed by atoms with Crippen molar-refractivity contribution in [1.82, 2.24) is 9.97 Å². The molecular formula is C17H21ClN4O3S. The highest BCUT2D eigenvalue weighted by Crippen LogP contribution is 2.34. The molecule has 0 radical (unpaired) electrons. The number of nitrogen functional groups attached to an aromatic ring is 1. The summed E-state index contributed by atoms with van der Waals surface area (Å²) in [6.07, 6.45) is 1.99. The van der Waals surface area contributed by atoms with Crippen molar-refractivity contribution in [2.75, 3.05) is 36.6 Å². The fourth-order valence-electron chi connectivity index (χ4n) is 3.04. The van der Waals surface area contributed by atoms with E-state index in [2.05, 4.69) is 14.9 Å². The van der Waals surface area contributed by atoms with Gasteiger partial charge in [0, 0.05) is 36.2 Å². The van der Waals surface area contributed by atoms with Crippen LogP contribution in [-0.4, -0.2) is 44.4 Å². The molecule has 140 valence electrons. The predicted octanol–water partition coefficient (Wildman–Crippen LogP) is 2.39. The van der Waals surface area contributed by atoms with Gasteiger partial charge in [0.2, 0.25) is 5.95 Å². The number of hydrogen-bond donors (Lipinski definition) is 1. The number of sulfone groups is 1. The third kappa shape index (κ3) is 4.08. The fourth-order valence-corrected chi connectivity index (χ4v) is 4.06. The molecule has 1 atom stereocenters. The van der Waals surface area contributed by atoms with Gasteiger partial charge >= 0.3 is 0 Å². The van der Waals surface area contributed by atoms with Crippen molar-refractivity contribution in [2.45, 2.75) is 24.3 Å².